The van der Waals surface area contributed by atoms with Gasteiger partial charge in [-0.25, -0.2) is 13.2 Å². The van der Waals surface area contributed by atoms with Crippen molar-refractivity contribution < 1.29 is 37.1 Å². The second kappa shape index (κ2) is 16.8. The Morgan fingerprint density at radius 3 is 2.51 bits per heavy atom. The molecule has 49 heavy (non-hydrogen) atoms. The third kappa shape index (κ3) is 9.73. The Bertz CT molecular complexity index is 1680. The molecule has 3 aromatic rings. The van der Waals surface area contributed by atoms with Crippen molar-refractivity contribution in [3.8, 4) is 5.75 Å². The summed E-state index contributed by atoms with van der Waals surface area (Å²) in [5.74, 6) is 0.0151. The summed E-state index contributed by atoms with van der Waals surface area (Å²) in [6.07, 6.45) is 1.35. The third-order valence-electron chi connectivity index (χ3n) is 8.54. The van der Waals surface area contributed by atoms with Gasteiger partial charge in [-0.2, -0.15) is 4.31 Å². The first kappa shape index (κ1) is 38.1. The van der Waals surface area contributed by atoms with Gasteiger partial charge in [0.25, 0.3) is 5.91 Å². The molecule has 268 valence electrons. The van der Waals surface area contributed by atoms with E-state index in [1.165, 1.54) is 40.5 Å². The Balaban J connectivity index is 1.63. The van der Waals surface area contributed by atoms with Crippen LogP contribution in [0.3, 0.4) is 0 Å². The molecule has 0 spiro atoms. The van der Waals surface area contributed by atoms with E-state index in [9.17, 15) is 23.1 Å². The number of benzene rings is 2. The minimum absolute atomic E-state index is 0.0338. The number of nitrogens with one attached hydrogen (secondary N) is 2. The van der Waals surface area contributed by atoms with Gasteiger partial charge in [0.15, 0.2) is 5.76 Å². The van der Waals surface area contributed by atoms with Crippen molar-refractivity contribution in [3.63, 3.8) is 0 Å². The lowest BCUT2D eigenvalue weighted by Gasteiger charge is -2.35. The van der Waals surface area contributed by atoms with Crippen LogP contribution in [-0.2, 0) is 14.8 Å². The van der Waals surface area contributed by atoms with Crippen LogP contribution in [0.5, 0.6) is 5.75 Å². The lowest BCUT2D eigenvalue weighted by molar-refractivity contribution is -0.00833. The quantitative estimate of drug-likeness (QED) is 0.265. The largest absolute Gasteiger partial charge is 0.490 e. The summed E-state index contributed by atoms with van der Waals surface area (Å²) in [6, 6.07) is 9.65. The van der Waals surface area contributed by atoms with E-state index in [2.05, 4.69) is 15.8 Å². The molecule has 0 aliphatic carbocycles. The van der Waals surface area contributed by atoms with E-state index in [1.54, 1.807) is 39.0 Å². The number of aromatic nitrogens is 1. The number of aliphatic hydroxyl groups excluding tert-OH is 1. The average molecular weight is 720 g/mol. The minimum Gasteiger partial charge on any atom is -0.490 e. The molecule has 15 heteroatoms. The molecule has 0 unspecified atom stereocenters. The average Bonchev–Trinajstić information content (AvgIpc) is 3.38. The van der Waals surface area contributed by atoms with Gasteiger partial charge >= 0.3 is 6.03 Å². The van der Waals surface area contributed by atoms with Crippen LogP contribution in [0.25, 0.3) is 0 Å². The summed E-state index contributed by atoms with van der Waals surface area (Å²) in [5.41, 5.74) is 1.51. The van der Waals surface area contributed by atoms with Gasteiger partial charge in [0.05, 0.1) is 35.3 Å². The number of ether oxygens (including phenoxy) is 2. The molecule has 0 saturated carbocycles. The van der Waals surface area contributed by atoms with Crippen LogP contribution in [0, 0.1) is 19.8 Å². The number of sulfonamides is 1. The number of anilines is 2. The molecule has 13 nitrogen and oxygen atoms in total. The number of aryl methyl sites for hydroxylation is 2. The normalized spacial score (nSPS) is 20.2. The zero-order valence-electron chi connectivity index (χ0n) is 28.7. The van der Waals surface area contributed by atoms with Crippen LogP contribution in [0.2, 0.25) is 5.02 Å². The lowest BCUT2D eigenvalue weighted by atomic mass is 10.0. The molecule has 4 rings (SSSR count). The van der Waals surface area contributed by atoms with Gasteiger partial charge in [-0.1, -0.05) is 23.7 Å². The van der Waals surface area contributed by atoms with Gasteiger partial charge in [-0.05, 0) is 89.4 Å². The highest BCUT2D eigenvalue weighted by atomic mass is 35.5. The number of carbonyl (C=O) groups excluding carboxylic acids is 2. The number of hydrogen-bond donors (Lipinski definition) is 3. The zero-order valence-corrected chi connectivity index (χ0v) is 30.3. The number of likely N-dealkylation sites (N-methyl/N-ethyl adjacent to an activating group) is 1. The maximum Gasteiger partial charge on any atom is 0.323 e. The first-order valence-corrected chi connectivity index (χ1v) is 18.1. The van der Waals surface area contributed by atoms with Crippen LogP contribution in [-0.4, -0.2) is 91.4 Å². The summed E-state index contributed by atoms with van der Waals surface area (Å²) in [5, 5.41) is 20.0. The molecule has 4 atom stereocenters. The van der Waals surface area contributed by atoms with E-state index in [-0.39, 0.29) is 42.2 Å². The van der Waals surface area contributed by atoms with Gasteiger partial charge in [-0.15, -0.1) is 0 Å². The second-order valence-electron chi connectivity index (χ2n) is 12.5. The molecule has 3 amide bonds. The standard InChI is InChI=1S/C34H46ClN5O8S/c1-21-18-40(22(2)20-41)33(42)29-17-27(36-34(43)37-32-24(4)38-48-25(32)5)12-15-30(29)47-23(3)9-7-8-16-46-31(21)19-39(6)49(44,45)28-13-10-26(35)11-14-28/h10-15,17,21-23,31,41H,7-9,16,18-20H2,1-6H3,(H2,36,37,43)/t21-,22+,23+,31+/m0/s1. The summed E-state index contributed by atoms with van der Waals surface area (Å²) in [4.78, 5) is 28.9. The maximum atomic E-state index is 14.4. The molecule has 0 radical (unpaired) electrons. The van der Waals surface area contributed by atoms with E-state index in [4.69, 9.17) is 25.6 Å². The lowest BCUT2D eigenvalue weighted by Crippen LogP contribution is -2.48. The molecule has 0 fully saturated rings. The SMILES string of the molecule is Cc1noc(C)c1NC(=O)Nc1ccc2c(c1)C(=O)N([C@H](C)CO)C[C@H](C)[C@@H](CN(C)S(=O)(=O)c1ccc(Cl)cc1)OCCCC[C@@H](C)O2. The number of rotatable bonds is 8. The monoisotopic (exact) mass is 719 g/mol. The number of nitrogens with zero attached hydrogens (tertiary/aromatic N) is 3. The van der Waals surface area contributed by atoms with Gasteiger partial charge in [0.1, 0.15) is 17.1 Å². The number of carbonyl (C=O) groups is 2. The van der Waals surface area contributed by atoms with E-state index in [0.29, 0.717) is 46.6 Å². The van der Waals surface area contributed by atoms with Gasteiger partial charge in [0, 0.05) is 43.4 Å². The Labute approximate surface area is 292 Å². The van der Waals surface area contributed by atoms with E-state index in [0.717, 1.165) is 12.8 Å². The summed E-state index contributed by atoms with van der Waals surface area (Å²) >= 11 is 5.98. The Kier molecular flexibility index (Phi) is 13.1. The first-order chi connectivity index (χ1) is 23.2. The third-order valence-corrected chi connectivity index (χ3v) is 10.6. The topological polar surface area (TPSA) is 164 Å². The molecule has 0 saturated heterocycles. The molecule has 1 aliphatic heterocycles. The van der Waals surface area contributed by atoms with Crippen LogP contribution < -0.4 is 15.4 Å². The van der Waals surface area contributed by atoms with Crippen molar-refractivity contribution in [3.05, 3.63) is 64.5 Å². The molecule has 2 heterocycles. The van der Waals surface area contributed by atoms with Crippen molar-refractivity contribution in [2.24, 2.45) is 5.92 Å². The van der Waals surface area contributed by atoms with Crippen molar-refractivity contribution in [2.75, 3.05) is 44.0 Å². The number of aliphatic hydroxyl groups is 1. The predicted molar refractivity (Wildman–Crippen MR) is 187 cm³/mol. The number of hydrogen-bond acceptors (Lipinski definition) is 9. The van der Waals surface area contributed by atoms with Gasteiger partial charge in [-0.3, -0.25) is 4.79 Å². The van der Waals surface area contributed by atoms with Crippen molar-refractivity contribution >= 4 is 44.9 Å². The van der Waals surface area contributed by atoms with E-state index < -0.39 is 34.1 Å². The summed E-state index contributed by atoms with van der Waals surface area (Å²) < 4.78 is 45.8. The van der Waals surface area contributed by atoms with E-state index in [1.807, 2.05) is 13.8 Å². The molecule has 3 N–H and O–H groups in total. The van der Waals surface area contributed by atoms with Crippen LogP contribution in [0.1, 0.15) is 61.8 Å². The number of halogens is 1. The fourth-order valence-electron chi connectivity index (χ4n) is 5.54. The summed E-state index contributed by atoms with van der Waals surface area (Å²) in [7, 11) is -2.36. The number of amides is 3. The Morgan fingerprint density at radius 1 is 1.14 bits per heavy atom. The van der Waals surface area contributed by atoms with Crippen molar-refractivity contribution in [1.29, 1.82) is 0 Å². The Morgan fingerprint density at radius 2 is 1.86 bits per heavy atom. The maximum absolute atomic E-state index is 14.4. The van der Waals surface area contributed by atoms with Crippen molar-refractivity contribution in [1.82, 2.24) is 14.4 Å². The molecule has 2 aromatic carbocycles. The van der Waals surface area contributed by atoms with Gasteiger partial charge in [0.2, 0.25) is 10.0 Å². The number of fused-ring (bicyclic) bond motifs is 1. The fourth-order valence-corrected chi connectivity index (χ4v) is 6.85. The summed E-state index contributed by atoms with van der Waals surface area (Å²) in [6.45, 7) is 9.16. The molecule has 0 bridgehead atoms. The first-order valence-electron chi connectivity index (χ1n) is 16.3. The highest BCUT2D eigenvalue weighted by Crippen LogP contribution is 2.29. The highest BCUT2D eigenvalue weighted by molar-refractivity contribution is 7.89. The smallest absolute Gasteiger partial charge is 0.323 e. The Hall–Kier alpha value is -3.69. The van der Waals surface area contributed by atoms with Crippen LogP contribution >= 0.6 is 11.6 Å². The zero-order chi connectivity index (χ0) is 35.9. The number of urea groups is 1. The predicted octanol–water partition coefficient (Wildman–Crippen LogP) is 5.71. The van der Waals surface area contributed by atoms with Crippen molar-refractivity contribution in [2.45, 2.75) is 77.0 Å². The van der Waals surface area contributed by atoms with E-state index >= 15 is 0 Å². The molecular formula is C34H46ClN5O8S. The fraction of sp³-hybridized carbons (Fsp3) is 0.500. The molecular weight excluding hydrogens is 674 g/mol. The van der Waals surface area contributed by atoms with Crippen LogP contribution in [0.15, 0.2) is 51.9 Å². The molecule has 1 aliphatic rings. The van der Waals surface area contributed by atoms with Gasteiger partial charge < -0.3 is 34.6 Å². The van der Waals surface area contributed by atoms with Crippen LogP contribution in [0.4, 0.5) is 16.2 Å². The second-order valence-corrected chi connectivity index (χ2v) is 15.0. The molecule has 1 aromatic heterocycles. The minimum atomic E-state index is -3.86. The highest BCUT2D eigenvalue weighted by Gasteiger charge is 2.32.